The second kappa shape index (κ2) is 8.02. The molecule has 1 atom stereocenters. The Labute approximate surface area is 147 Å². The Morgan fingerprint density at radius 3 is 2.44 bits per heavy atom. The molecule has 0 spiro atoms. The molecule has 0 saturated carbocycles. The molecule has 1 fully saturated rings. The van der Waals surface area contributed by atoms with Gasteiger partial charge in [-0.3, -0.25) is 19.9 Å². The number of hydrogen-bond donors (Lipinski definition) is 1. The first-order valence-electron chi connectivity index (χ1n) is 8.22. The van der Waals surface area contributed by atoms with Crippen LogP contribution in [0.15, 0.2) is 29.3 Å². The van der Waals surface area contributed by atoms with Crippen molar-refractivity contribution in [1.82, 2.24) is 10.2 Å². The monoisotopic (exact) mass is 344 g/mol. The molecule has 0 bridgehead atoms. The molecule has 1 aromatic rings. The Morgan fingerprint density at radius 1 is 1.20 bits per heavy atom. The average molecular weight is 344 g/mol. The number of nitrogens with zero attached hydrogens (tertiary/aromatic N) is 3. The van der Waals surface area contributed by atoms with E-state index in [9.17, 15) is 14.4 Å². The van der Waals surface area contributed by atoms with Gasteiger partial charge in [0.05, 0.1) is 5.69 Å². The molecule has 1 aliphatic rings. The topological polar surface area (TPSA) is 82.1 Å². The number of amides is 4. The van der Waals surface area contributed by atoms with Crippen LogP contribution in [0.1, 0.15) is 18.9 Å². The number of aliphatic imine (C=N–C) groups is 1. The molecule has 7 heteroatoms. The Bertz CT molecular complexity index is 695. The number of hydrogen-bond acceptors (Lipinski definition) is 5. The zero-order valence-corrected chi connectivity index (χ0v) is 15.1. The Morgan fingerprint density at radius 2 is 1.84 bits per heavy atom. The SMILES string of the molecule is CC(=NCCCN(C)C)[C@@H]1C(=O)NC(=O)N(c2ccc(C)cc2)C1=O. The van der Waals surface area contributed by atoms with Gasteiger partial charge in [0, 0.05) is 12.3 Å². The lowest BCUT2D eigenvalue weighted by Gasteiger charge is -2.30. The van der Waals surface area contributed by atoms with Crippen molar-refractivity contribution < 1.29 is 14.4 Å². The van der Waals surface area contributed by atoms with Gasteiger partial charge in [-0.25, -0.2) is 9.69 Å². The standard InChI is InChI=1S/C18H24N4O3/c1-12-6-8-14(9-7-12)22-17(24)15(16(23)20-18(22)25)13(2)19-10-5-11-21(3)4/h6-9,15H,5,10-11H2,1-4H3,(H,20,23,25)/t15-/m1/s1. The van der Waals surface area contributed by atoms with Gasteiger partial charge >= 0.3 is 6.03 Å². The summed E-state index contributed by atoms with van der Waals surface area (Å²) in [5.41, 5.74) is 1.87. The molecule has 4 amide bonds. The quantitative estimate of drug-likeness (QED) is 0.483. The van der Waals surface area contributed by atoms with Crippen LogP contribution >= 0.6 is 0 Å². The zero-order valence-electron chi connectivity index (χ0n) is 15.1. The normalized spacial score (nSPS) is 18.8. The fraction of sp³-hybridized carbons (Fsp3) is 0.444. The highest BCUT2D eigenvalue weighted by Crippen LogP contribution is 2.22. The maximum atomic E-state index is 12.8. The molecule has 0 radical (unpaired) electrons. The number of nitrogens with one attached hydrogen (secondary N) is 1. The number of urea groups is 1. The average Bonchev–Trinajstić information content (AvgIpc) is 2.52. The van der Waals surface area contributed by atoms with Gasteiger partial charge in [-0.2, -0.15) is 0 Å². The lowest BCUT2D eigenvalue weighted by atomic mass is 9.99. The van der Waals surface area contributed by atoms with Gasteiger partial charge in [-0.05, 0) is 53.0 Å². The summed E-state index contributed by atoms with van der Waals surface area (Å²) < 4.78 is 0. The van der Waals surface area contributed by atoms with Crippen LogP contribution in [-0.2, 0) is 9.59 Å². The number of carbonyl (C=O) groups excluding carboxylic acids is 3. The van der Waals surface area contributed by atoms with Crippen LogP contribution < -0.4 is 10.2 Å². The van der Waals surface area contributed by atoms with E-state index in [-0.39, 0.29) is 0 Å². The van der Waals surface area contributed by atoms with E-state index in [1.165, 1.54) is 0 Å². The fourth-order valence-electron chi connectivity index (χ4n) is 2.62. The second-order valence-corrected chi connectivity index (χ2v) is 6.42. The van der Waals surface area contributed by atoms with Gasteiger partial charge in [-0.15, -0.1) is 0 Å². The van der Waals surface area contributed by atoms with E-state index in [1.54, 1.807) is 19.1 Å². The summed E-state index contributed by atoms with van der Waals surface area (Å²) in [6.07, 6.45) is 0.827. The first-order valence-corrected chi connectivity index (χ1v) is 8.22. The van der Waals surface area contributed by atoms with Crippen molar-refractivity contribution >= 4 is 29.2 Å². The molecule has 0 aromatic heterocycles. The van der Waals surface area contributed by atoms with Crippen LogP contribution in [0, 0.1) is 12.8 Å². The summed E-state index contributed by atoms with van der Waals surface area (Å²) in [7, 11) is 3.94. The molecule has 0 unspecified atom stereocenters. The van der Waals surface area contributed by atoms with E-state index in [2.05, 4.69) is 10.3 Å². The minimum absolute atomic E-state index is 0.422. The molecule has 1 heterocycles. The summed E-state index contributed by atoms with van der Waals surface area (Å²) in [5, 5.41) is 2.25. The molecule has 25 heavy (non-hydrogen) atoms. The molecule has 7 nitrogen and oxygen atoms in total. The van der Waals surface area contributed by atoms with Gasteiger partial charge in [-0.1, -0.05) is 17.7 Å². The lowest BCUT2D eigenvalue weighted by molar-refractivity contribution is -0.131. The van der Waals surface area contributed by atoms with Crippen LogP contribution in [0.3, 0.4) is 0 Å². The van der Waals surface area contributed by atoms with Crippen LogP contribution in [0.4, 0.5) is 10.5 Å². The smallest absolute Gasteiger partial charge is 0.309 e. The van der Waals surface area contributed by atoms with Crippen LogP contribution in [0.25, 0.3) is 0 Å². The molecule has 1 saturated heterocycles. The third-order valence-corrected chi connectivity index (χ3v) is 4.00. The highest BCUT2D eigenvalue weighted by atomic mass is 16.2. The van der Waals surface area contributed by atoms with Crippen molar-refractivity contribution in [3.8, 4) is 0 Å². The molecule has 134 valence electrons. The van der Waals surface area contributed by atoms with Crippen LogP contribution in [-0.4, -0.2) is 55.6 Å². The van der Waals surface area contributed by atoms with E-state index in [0.717, 1.165) is 23.4 Å². The fourth-order valence-corrected chi connectivity index (χ4v) is 2.62. The lowest BCUT2D eigenvalue weighted by Crippen LogP contribution is -2.60. The van der Waals surface area contributed by atoms with Crippen molar-refractivity contribution in [3.05, 3.63) is 29.8 Å². The summed E-state index contributed by atoms with van der Waals surface area (Å²) in [4.78, 5) is 44.5. The first-order chi connectivity index (χ1) is 11.8. The van der Waals surface area contributed by atoms with E-state index in [0.29, 0.717) is 17.9 Å². The number of anilines is 1. The highest BCUT2D eigenvalue weighted by Gasteiger charge is 2.42. The molecule has 1 aliphatic heterocycles. The molecular formula is C18H24N4O3. The number of aryl methyl sites for hydroxylation is 1. The van der Waals surface area contributed by atoms with Crippen molar-refractivity contribution in [2.75, 3.05) is 32.1 Å². The van der Waals surface area contributed by atoms with Gasteiger partial charge in [0.15, 0.2) is 5.92 Å². The third-order valence-electron chi connectivity index (χ3n) is 4.00. The van der Waals surface area contributed by atoms with E-state index in [1.807, 2.05) is 38.1 Å². The maximum Gasteiger partial charge on any atom is 0.335 e. The van der Waals surface area contributed by atoms with E-state index >= 15 is 0 Å². The molecular weight excluding hydrogens is 320 g/mol. The predicted molar refractivity (Wildman–Crippen MR) is 96.8 cm³/mol. The second-order valence-electron chi connectivity index (χ2n) is 6.42. The molecule has 1 aromatic carbocycles. The van der Waals surface area contributed by atoms with Gasteiger partial charge in [0.25, 0.3) is 5.91 Å². The van der Waals surface area contributed by atoms with Crippen LogP contribution in [0.5, 0.6) is 0 Å². The maximum absolute atomic E-state index is 12.8. The summed E-state index contributed by atoms with van der Waals surface area (Å²) >= 11 is 0. The molecule has 0 aliphatic carbocycles. The largest absolute Gasteiger partial charge is 0.335 e. The number of carbonyl (C=O) groups is 3. The minimum atomic E-state index is -1.07. The molecule has 2 rings (SSSR count). The van der Waals surface area contributed by atoms with E-state index in [4.69, 9.17) is 0 Å². The third kappa shape index (κ3) is 4.51. The summed E-state index contributed by atoms with van der Waals surface area (Å²) in [6, 6.07) is 6.26. The molecule has 1 N–H and O–H groups in total. The van der Waals surface area contributed by atoms with Crippen molar-refractivity contribution in [1.29, 1.82) is 0 Å². The van der Waals surface area contributed by atoms with Crippen molar-refractivity contribution in [2.24, 2.45) is 10.9 Å². The van der Waals surface area contributed by atoms with Crippen LogP contribution in [0.2, 0.25) is 0 Å². The van der Waals surface area contributed by atoms with Gasteiger partial charge < -0.3 is 4.90 Å². The number of rotatable bonds is 6. The van der Waals surface area contributed by atoms with E-state index < -0.39 is 23.8 Å². The minimum Gasteiger partial charge on any atom is -0.309 e. The Kier molecular flexibility index (Phi) is 6.03. The Balaban J connectivity index is 2.19. The van der Waals surface area contributed by atoms with Crippen molar-refractivity contribution in [3.63, 3.8) is 0 Å². The zero-order chi connectivity index (χ0) is 18.6. The van der Waals surface area contributed by atoms with Gasteiger partial charge in [0.1, 0.15) is 0 Å². The summed E-state index contributed by atoms with van der Waals surface area (Å²) in [5.74, 6) is -2.25. The van der Waals surface area contributed by atoms with Gasteiger partial charge in [0.2, 0.25) is 5.91 Å². The number of imide groups is 2. The Hall–Kier alpha value is -2.54. The highest BCUT2D eigenvalue weighted by molar-refractivity contribution is 6.35. The number of barbiturate groups is 1. The van der Waals surface area contributed by atoms with Crippen molar-refractivity contribution in [2.45, 2.75) is 20.3 Å². The number of benzene rings is 1. The predicted octanol–water partition coefficient (Wildman–Crippen LogP) is 1.61. The first kappa shape index (κ1) is 18.8. The summed E-state index contributed by atoms with van der Waals surface area (Å²) in [6.45, 7) is 4.97.